The zero-order chi connectivity index (χ0) is 11.1. The van der Waals surface area contributed by atoms with Crippen LogP contribution in [0, 0.1) is 5.41 Å². The van der Waals surface area contributed by atoms with Gasteiger partial charge in [-0.25, -0.2) is 13.6 Å². The number of nitrogens with two attached hydrogens (primary N) is 1. The summed E-state index contributed by atoms with van der Waals surface area (Å²) in [7, 11) is -3.69. The molecule has 0 spiro atoms. The summed E-state index contributed by atoms with van der Waals surface area (Å²) in [6.07, 6.45) is 1.61. The number of hydrogen-bond acceptors (Lipinski definition) is 4. The Kier molecular flexibility index (Phi) is 2.32. The maximum Gasteiger partial charge on any atom is 0.257 e. The van der Waals surface area contributed by atoms with Crippen LogP contribution in [0.25, 0.3) is 0 Å². The lowest BCUT2D eigenvalue weighted by atomic mass is 9.89. The van der Waals surface area contributed by atoms with E-state index in [1.807, 2.05) is 0 Å². The molecule has 1 fully saturated rings. The maximum atomic E-state index is 11.0. The molecule has 15 heavy (non-hydrogen) atoms. The fourth-order valence-electron chi connectivity index (χ4n) is 1.52. The largest absolute Gasteiger partial charge is 0.380 e. The van der Waals surface area contributed by atoms with Crippen molar-refractivity contribution in [1.82, 2.24) is 9.78 Å². The van der Waals surface area contributed by atoms with Crippen LogP contribution in [0.5, 0.6) is 0 Å². The second-order valence-electron chi connectivity index (χ2n) is 4.20. The number of aromatic nitrogens is 2. The van der Waals surface area contributed by atoms with E-state index in [-0.39, 0.29) is 10.4 Å². The third-order valence-corrected chi connectivity index (χ3v) is 3.15. The van der Waals surface area contributed by atoms with Crippen molar-refractivity contribution in [1.29, 1.82) is 0 Å². The molecule has 0 radical (unpaired) electrons. The van der Waals surface area contributed by atoms with Crippen molar-refractivity contribution >= 4 is 10.0 Å². The van der Waals surface area contributed by atoms with Crippen molar-refractivity contribution in [3.8, 4) is 0 Å². The molecular formula is C8H13N3O3S. The van der Waals surface area contributed by atoms with E-state index in [2.05, 4.69) is 12.0 Å². The Morgan fingerprint density at radius 2 is 2.33 bits per heavy atom. The Balaban J connectivity index is 2.14. The minimum Gasteiger partial charge on any atom is -0.380 e. The second-order valence-corrected chi connectivity index (χ2v) is 5.71. The topological polar surface area (TPSA) is 87.2 Å². The first-order valence-electron chi connectivity index (χ1n) is 4.53. The van der Waals surface area contributed by atoms with Gasteiger partial charge in [-0.1, -0.05) is 6.92 Å². The van der Waals surface area contributed by atoms with E-state index < -0.39 is 10.0 Å². The molecule has 0 unspecified atom stereocenters. The molecule has 7 heteroatoms. The van der Waals surface area contributed by atoms with Crippen LogP contribution in [0.3, 0.4) is 0 Å². The van der Waals surface area contributed by atoms with E-state index in [1.165, 1.54) is 6.07 Å². The normalized spacial score (nSPS) is 19.9. The smallest absolute Gasteiger partial charge is 0.257 e. The van der Waals surface area contributed by atoms with E-state index in [1.54, 1.807) is 10.9 Å². The number of nitrogens with zero attached hydrogens (tertiary/aromatic N) is 2. The molecule has 2 heterocycles. The van der Waals surface area contributed by atoms with Crippen LogP contribution in [0.4, 0.5) is 0 Å². The lowest BCUT2D eigenvalue weighted by molar-refractivity contribution is -0.111. The summed E-state index contributed by atoms with van der Waals surface area (Å²) >= 11 is 0. The summed E-state index contributed by atoms with van der Waals surface area (Å²) in [4.78, 5) is 0. The maximum absolute atomic E-state index is 11.0. The fourth-order valence-corrected chi connectivity index (χ4v) is 1.98. The molecule has 0 bridgehead atoms. The Hall–Kier alpha value is -0.920. The van der Waals surface area contributed by atoms with Crippen molar-refractivity contribution < 1.29 is 13.2 Å². The third-order valence-electron chi connectivity index (χ3n) is 2.35. The Morgan fingerprint density at radius 3 is 2.73 bits per heavy atom. The summed E-state index contributed by atoms with van der Waals surface area (Å²) in [5, 5.41) is 8.76. The van der Waals surface area contributed by atoms with Gasteiger partial charge >= 0.3 is 0 Å². The predicted molar refractivity (Wildman–Crippen MR) is 52.5 cm³/mol. The summed E-state index contributed by atoms with van der Waals surface area (Å²) in [5.41, 5.74) is 0.0572. The molecule has 0 saturated carbocycles. The molecule has 1 aromatic heterocycles. The molecule has 1 aliphatic rings. The first-order valence-corrected chi connectivity index (χ1v) is 6.08. The van der Waals surface area contributed by atoms with Crippen molar-refractivity contribution in [2.45, 2.75) is 18.5 Å². The SMILES string of the molecule is CC1(Cn2ccc(S(N)(=O)=O)n2)COC1. The second kappa shape index (κ2) is 3.29. The standard InChI is InChI=1S/C8H13N3O3S/c1-8(5-14-6-8)4-11-3-2-7(10-11)15(9,12)13/h2-3H,4-6H2,1H3,(H2,9,12,13). The number of rotatable bonds is 3. The van der Waals surface area contributed by atoms with E-state index in [9.17, 15) is 8.42 Å². The van der Waals surface area contributed by atoms with Crippen LogP contribution in [0.1, 0.15) is 6.92 Å². The molecule has 0 atom stereocenters. The summed E-state index contributed by atoms with van der Waals surface area (Å²) < 4.78 is 28.6. The molecule has 0 amide bonds. The zero-order valence-electron chi connectivity index (χ0n) is 8.38. The third kappa shape index (κ3) is 2.19. The number of ether oxygens (including phenoxy) is 1. The summed E-state index contributed by atoms with van der Waals surface area (Å²) in [6.45, 7) is 4.06. The molecule has 1 aliphatic heterocycles. The van der Waals surface area contributed by atoms with E-state index >= 15 is 0 Å². The van der Waals surface area contributed by atoms with Crippen molar-refractivity contribution in [3.05, 3.63) is 12.3 Å². The lowest BCUT2D eigenvalue weighted by Crippen LogP contribution is -2.43. The highest BCUT2D eigenvalue weighted by molar-refractivity contribution is 7.89. The Labute approximate surface area is 88.1 Å². The van der Waals surface area contributed by atoms with Crippen LogP contribution in [-0.4, -0.2) is 31.4 Å². The monoisotopic (exact) mass is 231 g/mol. The quantitative estimate of drug-likeness (QED) is 0.764. The highest BCUT2D eigenvalue weighted by Crippen LogP contribution is 2.28. The Bertz CT molecular complexity index is 461. The number of primary sulfonamides is 1. The van der Waals surface area contributed by atoms with Crippen molar-refractivity contribution in [2.24, 2.45) is 10.6 Å². The minimum absolute atomic E-state index is 0.0572. The van der Waals surface area contributed by atoms with Crippen LogP contribution >= 0.6 is 0 Å². The van der Waals surface area contributed by atoms with Crippen LogP contribution < -0.4 is 5.14 Å². The van der Waals surface area contributed by atoms with Gasteiger partial charge in [0.1, 0.15) is 0 Å². The number of hydrogen-bond donors (Lipinski definition) is 1. The lowest BCUT2D eigenvalue weighted by Gasteiger charge is -2.37. The summed E-state index contributed by atoms with van der Waals surface area (Å²) in [5.74, 6) is 0. The highest BCUT2D eigenvalue weighted by Gasteiger charge is 2.34. The van der Waals surface area contributed by atoms with Gasteiger partial charge in [0.25, 0.3) is 10.0 Å². The molecule has 2 N–H and O–H groups in total. The van der Waals surface area contributed by atoms with E-state index in [0.717, 1.165) is 0 Å². The molecule has 84 valence electrons. The average molecular weight is 231 g/mol. The van der Waals surface area contributed by atoms with Crippen molar-refractivity contribution in [3.63, 3.8) is 0 Å². The van der Waals surface area contributed by atoms with E-state index in [0.29, 0.717) is 19.8 Å². The Morgan fingerprint density at radius 1 is 1.67 bits per heavy atom. The molecular weight excluding hydrogens is 218 g/mol. The zero-order valence-corrected chi connectivity index (χ0v) is 9.20. The van der Waals surface area contributed by atoms with Crippen LogP contribution in [-0.2, 0) is 21.3 Å². The molecule has 6 nitrogen and oxygen atoms in total. The first-order chi connectivity index (χ1) is 6.89. The predicted octanol–water partition coefficient (Wildman–Crippen LogP) is -0.433. The van der Waals surface area contributed by atoms with E-state index in [4.69, 9.17) is 9.88 Å². The first kappa shape index (κ1) is 10.6. The van der Waals surface area contributed by atoms with Gasteiger partial charge in [-0.3, -0.25) is 4.68 Å². The van der Waals surface area contributed by atoms with Gasteiger partial charge < -0.3 is 4.74 Å². The minimum atomic E-state index is -3.69. The average Bonchev–Trinajstić information content (AvgIpc) is 2.49. The van der Waals surface area contributed by atoms with Gasteiger partial charge in [0.05, 0.1) is 19.8 Å². The van der Waals surface area contributed by atoms with Gasteiger partial charge in [-0.05, 0) is 6.07 Å². The van der Waals surface area contributed by atoms with Gasteiger partial charge in [0.15, 0.2) is 5.03 Å². The van der Waals surface area contributed by atoms with Gasteiger partial charge in [-0.2, -0.15) is 5.10 Å². The molecule has 2 rings (SSSR count). The fraction of sp³-hybridized carbons (Fsp3) is 0.625. The molecule has 0 aromatic carbocycles. The summed E-state index contributed by atoms with van der Waals surface area (Å²) in [6, 6.07) is 1.40. The number of sulfonamides is 1. The molecule has 1 saturated heterocycles. The van der Waals surface area contributed by atoms with Gasteiger partial charge in [0, 0.05) is 11.6 Å². The van der Waals surface area contributed by atoms with Crippen LogP contribution in [0.15, 0.2) is 17.3 Å². The molecule has 1 aromatic rings. The highest BCUT2D eigenvalue weighted by atomic mass is 32.2. The molecule has 0 aliphatic carbocycles. The van der Waals surface area contributed by atoms with Crippen LogP contribution in [0.2, 0.25) is 0 Å². The van der Waals surface area contributed by atoms with Gasteiger partial charge in [0.2, 0.25) is 0 Å². The van der Waals surface area contributed by atoms with Gasteiger partial charge in [-0.15, -0.1) is 0 Å². The van der Waals surface area contributed by atoms with Crippen molar-refractivity contribution in [2.75, 3.05) is 13.2 Å².